The van der Waals surface area contributed by atoms with Crippen molar-refractivity contribution in [1.29, 1.82) is 0 Å². The number of aromatic nitrogens is 1. The van der Waals surface area contributed by atoms with Crippen LogP contribution in [0.5, 0.6) is 0 Å². The Morgan fingerprint density at radius 3 is 2.77 bits per heavy atom. The number of hydrogen-bond acceptors (Lipinski definition) is 5. The van der Waals surface area contributed by atoms with Gasteiger partial charge in [-0.2, -0.15) is 0 Å². The second-order valence-corrected chi connectivity index (χ2v) is 6.42. The number of benzene rings is 1. The summed E-state index contributed by atoms with van der Waals surface area (Å²) in [6.45, 7) is 7.41. The van der Waals surface area contributed by atoms with Crippen LogP contribution in [-0.2, 0) is 4.79 Å². The second kappa shape index (κ2) is 6.68. The molecule has 2 heterocycles. The fourth-order valence-corrected chi connectivity index (χ4v) is 3.44. The summed E-state index contributed by atoms with van der Waals surface area (Å²) in [4.78, 5) is 20.9. The lowest BCUT2D eigenvalue weighted by molar-refractivity contribution is -0.117. The molecule has 1 aromatic carbocycles. The molecule has 1 aromatic heterocycles. The highest BCUT2D eigenvalue weighted by Crippen LogP contribution is 2.26. The lowest BCUT2D eigenvalue weighted by Crippen LogP contribution is -2.48. The van der Waals surface area contributed by atoms with Crippen LogP contribution >= 0.6 is 11.3 Å². The van der Waals surface area contributed by atoms with E-state index in [-0.39, 0.29) is 11.7 Å². The number of nitrogens with one attached hydrogen (secondary N) is 1. The van der Waals surface area contributed by atoms with Crippen LogP contribution in [0.15, 0.2) is 18.2 Å². The van der Waals surface area contributed by atoms with Crippen molar-refractivity contribution in [1.82, 2.24) is 14.8 Å². The Bertz CT molecular complexity index is 667. The molecule has 0 saturated carbocycles. The minimum absolute atomic E-state index is 0.0653. The smallest absolute Gasteiger partial charge is 0.240 e. The third-order valence-electron chi connectivity index (χ3n) is 3.88. The standard InChI is InChI=1S/C15H19FN4OS/c1-2-19-5-7-20(8-6-19)10-14(21)18-15-17-12-9-11(16)3-4-13(12)22-15/h3-4,9H,2,5-8,10H2,1H3,(H,17,18,21). The molecule has 7 heteroatoms. The van der Waals surface area contributed by atoms with Gasteiger partial charge in [0.1, 0.15) is 5.82 Å². The van der Waals surface area contributed by atoms with Crippen molar-refractivity contribution in [2.75, 3.05) is 44.6 Å². The van der Waals surface area contributed by atoms with Gasteiger partial charge in [-0.15, -0.1) is 0 Å². The van der Waals surface area contributed by atoms with Crippen LogP contribution in [-0.4, -0.2) is 60.0 Å². The van der Waals surface area contributed by atoms with Gasteiger partial charge in [-0.25, -0.2) is 9.37 Å². The Morgan fingerprint density at radius 1 is 1.32 bits per heavy atom. The zero-order chi connectivity index (χ0) is 15.5. The van der Waals surface area contributed by atoms with Gasteiger partial charge >= 0.3 is 0 Å². The van der Waals surface area contributed by atoms with Crippen LogP contribution in [0.2, 0.25) is 0 Å². The summed E-state index contributed by atoms with van der Waals surface area (Å²) in [7, 11) is 0. The lowest BCUT2D eigenvalue weighted by atomic mass is 10.3. The quantitative estimate of drug-likeness (QED) is 0.935. The highest BCUT2D eigenvalue weighted by Gasteiger charge is 2.18. The van der Waals surface area contributed by atoms with Gasteiger partial charge in [0.05, 0.1) is 16.8 Å². The predicted molar refractivity (Wildman–Crippen MR) is 86.8 cm³/mol. The van der Waals surface area contributed by atoms with Crippen molar-refractivity contribution in [2.45, 2.75) is 6.92 Å². The number of nitrogens with zero attached hydrogens (tertiary/aromatic N) is 3. The number of anilines is 1. The zero-order valence-corrected chi connectivity index (χ0v) is 13.3. The maximum Gasteiger partial charge on any atom is 0.240 e. The molecular weight excluding hydrogens is 303 g/mol. The Labute approximate surface area is 132 Å². The van der Waals surface area contributed by atoms with Crippen molar-refractivity contribution in [2.24, 2.45) is 0 Å². The van der Waals surface area contributed by atoms with E-state index in [0.29, 0.717) is 17.2 Å². The molecule has 1 amide bonds. The molecule has 1 fully saturated rings. The minimum atomic E-state index is -0.315. The zero-order valence-electron chi connectivity index (χ0n) is 12.5. The summed E-state index contributed by atoms with van der Waals surface area (Å²) < 4.78 is 14.0. The first kappa shape index (κ1) is 15.3. The molecule has 2 aromatic rings. The van der Waals surface area contributed by atoms with Crippen LogP contribution < -0.4 is 5.32 Å². The van der Waals surface area contributed by atoms with Crippen molar-refractivity contribution in [3.05, 3.63) is 24.0 Å². The van der Waals surface area contributed by atoms with Crippen LogP contribution in [0.3, 0.4) is 0 Å². The molecular formula is C15H19FN4OS. The number of fused-ring (bicyclic) bond motifs is 1. The molecule has 0 atom stereocenters. The Morgan fingerprint density at radius 2 is 2.05 bits per heavy atom. The van der Waals surface area contributed by atoms with Crippen LogP contribution in [0, 0.1) is 5.82 Å². The highest BCUT2D eigenvalue weighted by molar-refractivity contribution is 7.22. The SMILES string of the molecule is CCN1CCN(CC(=O)Nc2nc3cc(F)ccc3s2)CC1. The van der Waals surface area contributed by atoms with Gasteiger partial charge in [0.25, 0.3) is 0 Å². The van der Waals surface area contributed by atoms with Crippen molar-refractivity contribution >= 4 is 32.6 Å². The Balaban J connectivity index is 1.56. The molecule has 1 saturated heterocycles. The van der Waals surface area contributed by atoms with Crippen molar-refractivity contribution in [3.63, 3.8) is 0 Å². The number of halogens is 1. The fraction of sp³-hybridized carbons (Fsp3) is 0.467. The summed E-state index contributed by atoms with van der Waals surface area (Å²) in [6.07, 6.45) is 0. The number of amides is 1. The second-order valence-electron chi connectivity index (χ2n) is 5.39. The molecule has 22 heavy (non-hydrogen) atoms. The minimum Gasteiger partial charge on any atom is -0.301 e. The average Bonchev–Trinajstić information content (AvgIpc) is 2.89. The summed E-state index contributed by atoms with van der Waals surface area (Å²) in [5.74, 6) is -0.381. The molecule has 0 spiro atoms. The first-order valence-electron chi connectivity index (χ1n) is 7.44. The van der Waals surface area contributed by atoms with Crippen LogP contribution in [0.25, 0.3) is 10.2 Å². The number of carbonyl (C=O) groups is 1. The van der Waals surface area contributed by atoms with E-state index in [4.69, 9.17) is 0 Å². The van der Waals surface area contributed by atoms with E-state index in [1.54, 1.807) is 6.07 Å². The number of thiazole rings is 1. The number of piperazine rings is 1. The number of carbonyl (C=O) groups excluding carboxylic acids is 1. The molecule has 1 aliphatic rings. The molecule has 5 nitrogen and oxygen atoms in total. The van der Waals surface area contributed by atoms with Gasteiger partial charge in [-0.05, 0) is 18.7 Å². The molecule has 118 valence electrons. The van der Waals surface area contributed by atoms with Gasteiger partial charge in [0.15, 0.2) is 5.13 Å². The maximum atomic E-state index is 13.1. The number of likely N-dealkylation sites (N-methyl/N-ethyl adjacent to an activating group) is 1. The van der Waals surface area contributed by atoms with E-state index in [9.17, 15) is 9.18 Å². The van der Waals surface area contributed by atoms with Crippen molar-refractivity contribution < 1.29 is 9.18 Å². The van der Waals surface area contributed by atoms with Gasteiger partial charge in [-0.1, -0.05) is 18.3 Å². The average molecular weight is 322 g/mol. The third kappa shape index (κ3) is 3.60. The maximum absolute atomic E-state index is 13.1. The van der Waals surface area contributed by atoms with Gasteiger partial charge in [0.2, 0.25) is 5.91 Å². The van der Waals surface area contributed by atoms with E-state index in [1.807, 2.05) is 0 Å². The number of rotatable bonds is 4. The molecule has 0 unspecified atom stereocenters. The van der Waals surface area contributed by atoms with Gasteiger partial charge in [0, 0.05) is 32.2 Å². The third-order valence-corrected chi connectivity index (χ3v) is 4.83. The highest BCUT2D eigenvalue weighted by atomic mass is 32.1. The summed E-state index contributed by atoms with van der Waals surface area (Å²) in [5, 5.41) is 3.34. The van der Waals surface area contributed by atoms with Crippen LogP contribution in [0.1, 0.15) is 6.92 Å². The van der Waals surface area contributed by atoms with Gasteiger partial charge in [-0.3, -0.25) is 9.69 Å². The molecule has 0 aliphatic carbocycles. The Kier molecular flexibility index (Phi) is 4.66. The molecule has 0 bridgehead atoms. The van der Waals surface area contributed by atoms with E-state index >= 15 is 0 Å². The monoisotopic (exact) mass is 322 g/mol. The largest absolute Gasteiger partial charge is 0.301 e. The molecule has 1 N–H and O–H groups in total. The summed E-state index contributed by atoms with van der Waals surface area (Å²) in [5.41, 5.74) is 0.580. The van der Waals surface area contributed by atoms with E-state index in [2.05, 4.69) is 27.0 Å². The lowest BCUT2D eigenvalue weighted by Gasteiger charge is -2.33. The van der Waals surface area contributed by atoms with E-state index in [1.165, 1.54) is 23.5 Å². The first-order valence-corrected chi connectivity index (χ1v) is 8.26. The number of hydrogen-bond donors (Lipinski definition) is 1. The Hall–Kier alpha value is -1.57. The van der Waals surface area contributed by atoms with Crippen LogP contribution in [0.4, 0.5) is 9.52 Å². The molecule has 1 aliphatic heterocycles. The fourth-order valence-electron chi connectivity index (χ4n) is 2.58. The summed E-state index contributed by atoms with van der Waals surface area (Å²) >= 11 is 1.36. The topological polar surface area (TPSA) is 48.5 Å². The first-order chi connectivity index (χ1) is 10.6. The van der Waals surface area contributed by atoms with Crippen molar-refractivity contribution in [3.8, 4) is 0 Å². The summed E-state index contributed by atoms with van der Waals surface area (Å²) in [6, 6.07) is 4.47. The molecule has 0 radical (unpaired) electrons. The molecule has 3 rings (SSSR count). The normalized spacial score (nSPS) is 17.0. The predicted octanol–water partition coefficient (Wildman–Crippen LogP) is 2.01. The van der Waals surface area contributed by atoms with Gasteiger partial charge < -0.3 is 10.2 Å². The van der Waals surface area contributed by atoms with E-state index in [0.717, 1.165) is 37.4 Å². The van der Waals surface area contributed by atoms with E-state index < -0.39 is 0 Å².